The Labute approximate surface area is 157 Å². The first-order valence-corrected chi connectivity index (χ1v) is 9.10. The van der Waals surface area contributed by atoms with Gasteiger partial charge in [0.1, 0.15) is 11.6 Å². The largest absolute Gasteiger partial charge is 0.357 e. The molecule has 0 unspecified atom stereocenters. The molecule has 2 aromatic heterocycles. The number of carbonyl (C=O) groups is 1. The molecule has 0 aliphatic carbocycles. The monoisotopic (exact) mass is 364 g/mol. The highest BCUT2D eigenvalue weighted by atomic mass is 19.1. The van der Waals surface area contributed by atoms with Gasteiger partial charge in [0.05, 0.1) is 11.9 Å². The quantitative estimate of drug-likeness (QED) is 0.765. The highest BCUT2D eigenvalue weighted by molar-refractivity contribution is 5.92. The Morgan fingerprint density at radius 3 is 2.37 bits per heavy atom. The van der Waals surface area contributed by atoms with E-state index in [1.54, 1.807) is 12.1 Å². The molecular formula is C21H21FN4O. The first-order valence-electron chi connectivity index (χ1n) is 9.10. The summed E-state index contributed by atoms with van der Waals surface area (Å²) in [6, 6.07) is 13.9. The fourth-order valence-corrected chi connectivity index (χ4v) is 3.37. The zero-order chi connectivity index (χ0) is 18.6. The Kier molecular flexibility index (Phi) is 4.87. The van der Waals surface area contributed by atoms with E-state index in [-0.39, 0.29) is 17.6 Å². The number of benzene rings is 1. The number of aromatic nitrogens is 2. The zero-order valence-electron chi connectivity index (χ0n) is 14.9. The van der Waals surface area contributed by atoms with E-state index in [0.717, 1.165) is 37.4 Å². The van der Waals surface area contributed by atoms with Gasteiger partial charge in [0, 0.05) is 37.1 Å². The van der Waals surface area contributed by atoms with Gasteiger partial charge in [0.25, 0.3) is 0 Å². The molecule has 5 nitrogen and oxygen atoms in total. The Morgan fingerprint density at radius 2 is 1.74 bits per heavy atom. The Bertz CT molecular complexity index is 883. The smallest absolute Gasteiger partial charge is 0.227 e. The van der Waals surface area contributed by atoms with Gasteiger partial charge in [-0.15, -0.1) is 0 Å². The summed E-state index contributed by atoms with van der Waals surface area (Å²) in [4.78, 5) is 19.2. The lowest BCUT2D eigenvalue weighted by Gasteiger charge is -2.32. The molecular weight excluding hydrogens is 343 g/mol. The van der Waals surface area contributed by atoms with Gasteiger partial charge in [0.2, 0.25) is 5.91 Å². The second kappa shape index (κ2) is 7.61. The zero-order valence-corrected chi connectivity index (χ0v) is 14.9. The minimum absolute atomic E-state index is 0.00262. The van der Waals surface area contributed by atoms with Crippen LogP contribution in [0.3, 0.4) is 0 Å². The molecule has 3 heterocycles. The molecule has 1 amide bonds. The fraction of sp³-hybridized carbons (Fsp3) is 0.238. The molecule has 3 aromatic rings. The summed E-state index contributed by atoms with van der Waals surface area (Å²) in [7, 11) is 0. The van der Waals surface area contributed by atoms with E-state index in [1.807, 2.05) is 41.4 Å². The standard InChI is InChI=1S/C21H21FN4O/c22-17-3-5-18(6-4-17)24-21(27)16-9-13-26(14-10-16)20-8-7-19(15-23-20)25-11-1-2-12-25/h1-8,11-12,15-16H,9-10,13-14H2,(H,24,27). The van der Waals surface area contributed by atoms with Crippen molar-refractivity contribution < 1.29 is 9.18 Å². The molecule has 0 atom stereocenters. The second-order valence-corrected chi connectivity index (χ2v) is 6.72. The van der Waals surface area contributed by atoms with Crippen LogP contribution in [0.15, 0.2) is 67.1 Å². The molecule has 1 fully saturated rings. The maximum atomic E-state index is 13.0. The number of hydrogen-bond donors (Lipinski definition) is 1. The van der Waals surface area contributed by atoms with Crippen molar-refractivity contribution in [3.63, 3.8) is 0 Å². The minimum Gasteiger partial charge on any atom is -0.357 e. The van der Waals surface area contributed by atoms with Crippen molar-refractivity contribution in [3.05, 3.63) is 72.9 Å². The average Bonchev–Trinajstić information content (AvgIpc) is 3.25. The van der Waals surface area contributed by atoms with Crippen LogP contribution in [0.2, 0.25) is 0 Å². The summed E-state index contributed by atoms with van der Waals surface area (Å²) in [5, 5.41) is 2.87. The van der Waals surface area contributed by atoms with Crippen LogP contribution >= 0.6 is 0 Å². The summed E-state index contributed by atoms with van der Waals surface area (Å²) in [5.41, 5.74) is 1.66. The van der Waals surface area contributed by atoms with E-state index in [0.29, 0.717) is 5.69 Å². The van der Waals surface area contributed by atoms with Gasteiger partial charge in [0.15, 0.2) is 0 Å². The van der Waals surface area contributed by atoms with E-state index in [4.69, 9.17) is 0 Å². The van der Waals surface area contributed by atoms with Crippen molar-refractivity contribution in [2.45, 2.75) is 12.8 Å². The minimum atomic E-state index is -0.309. The number of anilines is 2. The van der Waals surface area contributed by atoms with E-state index in [1.165, 1.54) is 12.1 Å². The van der Waals surface area contributed by atoms with Gasteiger partial charge in [-0.25, -0.2) is 9.37 Å². The number of amides is 1. The third-order valence-electron chi connectivity index (χ3n) is 4.94. The van der Waals surface area contributed by atoms with Crippen LogP contribution in [0.4, 0.5) is 15.9 Å². The molecule has 4 rings (SSSR count). The molecule has 1 saturated heterocycles. The molecule has 0 bridgehead atoms. The number of piperidine rings is 1. The SMILES string of the molecule is O=C(Nc1ccc(F)cc1)C1CCN(c2ccc(-n3cccc3)cn2)CC1. The van der Waals surface area contributed by atoms with Gasteiger partial charge < -0.3 is 14.8 Å². The van der Waals surface area contributed by atoms with Crippen LogP contribution in [-0.2, 0) is 4.79 Å². The molecule has 0 saturated carbocycles. The lowest BCUT2D eigenvalue weighted by atomic mass is 9.95. The summed E-state index contributed by atoms with van der Waals surface area (Å²) in [5.74, 6) is 0.586. The first-order chi connectivity index (χ1) is 13.2. The molecule has 0 radical (unpaired) electrons. The molecule has 1 aliphatic rings. The third-order valence-corrected chi connectivity index (χ3v) is 4.94. The van der Waals surface area contributed by atoms with Crippen LogP contribution in [0.25, 0.3) is 5.69 Å². The number of hydrogen-bond acceptors (Lipinski definition) is 3. The van der Waals surface area contributed by atoms with Crippen LogP contribution < -0.4 is 10.2 Å². The second-order valence-electron chi connectivity index (χ2n) is 6.72. The van der Waals surface area contributed by atoms with Crippen molar-refractivity contribution in [1.82, 2.24) is 9.55 Å². The Hall–Kier alpha value is -3.15. The van der Waals surface area contributed by atoms with Gasteiger partial charge in [-0.2, -0.15) is 0 Å². The van der Waals surface area contributed by atoms with Gasteiger partial charge in [-0.05, 0) is 61.4 Å². The number of halogens is 1. The van der Waals surface area contributed by atoms with Crippen molar-refractivity contribution in [1.29, 1.82) is 0 Å². The topological polar surface area (TPSA) is 50.2 Å². The Morgan fingerprint density at radius 1 is 1.04 bits per heavy atom. The highest BCUT2D eigenvalue weighted by Gasteiger charge is 2.25. The molecule has 0 spiro atoms. The van der Waals surface area contributed by atoms with Crippen LogP contribution in [0.5, 0.6) is 0 Å². The number of nitrogens with one attached hydrogen (secondary N) is 1. The third kappa shape index (κ3) is 4.00. The summed E-state index contributed by atoms with van der Waals surface area (Å²) < 4.78 is 15.0. The van der Waals surface area contributed by atoms with Crippen LogP contribution in [-0.4, -0.2) is 28.5 Å². The maximum Gasteiger partial charge on any atom is 0.227 e. The van der Waals surface area contributed by atoms with E-state index >= 15 is 0 Å². The van der Waals surface area contributed by atoms with E-state index in [9.17, 15) is 9.18 Å². The number of pyridine rings is 1. The molecule has 1 aliphatic heterocycles. The molecule has 1 N–H and O–H groups in total. The lowest BCUT2D eigenvalue weighted by molar-refractivity contribution is -0.120. The fourth-order valence-electron chi connectivity index (χ4n) is 3.37. The van der Waals surface area contributed by atoms with Crippen molar-refractivity contribution in [2.75, 3.05) is 23.3 Å². The lowest BCUT2D eigenvalue weighted by Crippen LogP contribution is -2.38. The van der Waals surface area contributed by atoms with Crippen molar-refractivity contribution in [2.24, 2.45) is 5.92 Å². The molecule has 27 heavy (non-hydrogen) atoms. The predicted octanol–water partition coefficient (Wildman–Crippen LogP) is 3.87. The van der Waals surface area contributed by atoms with Crippen molar-refractivity contribution in [3.8, 4) is 5.69 Å². The summed E-state index contributed by atoms with van der Waals surface area (Å²) in [6.07, 6.45) is 7.38. The first kappa shape index (κ1) is 17.3. The number of carbonyl (C=O) groups excluding carboxylic acids is 1. The summed E-state index contributed by atoms with van der Waals surface area (Å²) in [6.45, 7) is 1.58. The number of rotatable bonds is 4. The highest BCUT2D eigenvalue weighted by Crippen LogP contribution is 2.24. The normalized spacial score (nSPS) is 14.9. The van der Waals surface area contributed by atoms with Crippen LogP contribution in [0, 0.1) is 11.7 Å². The maximum absolute atomic E-state index is 13.0. The van der Waals surface area contributed by atoms with Gasteiger partial charge >= 0.3 is 0 Å². The van der Waals surface area contributed by atoms with E-state index < -0.39 is 0 Å². The van der Waals surface area contributed by atoms with Gasteiger partial charge in [-0.1, -0.05) is 0 Å². The predicted molar refractivity (Wildman–Crippen MR) is 104 cm³/mol. The molecule has 1 aromatic carbocycles. The Balaban J connectivity index is 1.33. The summed E-state index contributed by atoms with van der Waals surface area (Å²) >= 11 is 0. The average molecular weight is 364 g/mol. The molecule has 138 valence electrons. The molecule has 6 heteroatoms. The van der Waals surface area contributed by atoms with Crippen LogP contribution in [0.1, 0.15) is 12.8 Å². The van der Waals surface area contributed by atoms with E-state index in [2.05, 4.69) is 21.3 Å². The number of nitrogens with zero attached hydrogens (tertiary/aromatic N) is 3. The van der Waals surface area contributed by atoms with Gasteiger partial charge in [-0.3, -0.25) is 4.79 Å². The van der Waals surface area contributed by atoms with Crippen molar-refractivity contribution >= 4 is 17.4 Å².